The first kappa shape index (κ1) is 16.4. The summed E-state index contributed by atoms with van der Waals surface area (Å²) in [5.74, 6) is 5.42. The summed E-state index contributed by atoms with van der Waals surface area (Å²) < 4.78 is 10.1. The Balaban J connectivity index is 1.42. The molecule has 0 fully saturated rings. The van der Waals surface area contributed by atoms with E-state index < -0.39 is 11.8 Å². The Morgan fingerprint density at radius 3 is 2.88 bits per heavy atom. The van der Waals surface area contributed by atoms with Gasteiger partial charge in [0.15, 0.2) is 5.58 Å². The van der Waals surface area contributed by atoms with Gasteiger partial charge in [0.1, 0.15) is 6.61 Å². The molecule has 25 heavy (non-hydrogen) atoms. The number of oxazole rings is 1. The van der Waals surface area contributed by atoms with E-state index in [1.807, 2.05) is 30.3 Å². The van der Waals surface area contributed by atoms with Crippen molar-refractivity contribution < 1.29 is 13.9 Å². The Kier molecular flexibility index (Phi) is 5.17. The first-order chi connectivity index (χ1) is 12.2. The molecule has 1 heterocycles. The fourth-order valence-corrected chi connectivity index (χ4v) is 2.19. The van der Waals surface area contributed by atoms with Crippen LogP contribution < -0.4 is 11.1 Å². The van der Waals surface area contributed by atoms with Crippen LogP contribution in [-0.2, 0) is 11.3 Å². The molecule has 6 nitrogen and oxygen atoms in total. The van der Waals surface area contributed by atoms with Crippen LogP contribution in [0.25, 0.3) is 11.1 Å². The number of rotatable bonds is 4. The van der Waals surface area contributed by atoms with Gasteiger partial charge in [-0.3, -0.25) is 4.98 Å². The van der Waals surface area contributed by atoms with E-state index in [9.17, 15) is 9.59 Å². The van der Waals surface area contributed by atoms with Crippen molar-refractivity contribution in [2.24, 2.45) is 0 Å². The monoisotopic (exact) mass is 336 g/mol. The fourth-order valence-electron chi connectivity index (χ4n) is 2.19. The molecule has 2 aromatic carbocycles. The Morgan fingerprint density at radius 1 is 1.20 bits per heavy atom. The number of alkyl carbamates (subject to hydrolysis) is 1. The van der Waals surface area contributed by atoms with E-state index in [0.717, 1.165) is 11.1 Å². The van der Waals surface area contributed by atoms with Crippen LogP contribution in [0.2, 0.25) is 0 Å². The zero-order chi connectivity index (χ0) is 17.5. The minimum atomic E-state index is -0.488. The molecule has 126 valence electrons. The lowest BCUT2D eigenvalue weighted by atomic mass is 10.2. The smallest absolute Gasteiger partial charge is 0.417 e. The molecule has 3 rings (SSSR count). The number of H-pyrrole nitrogens is 1. The second-order valence-electron chi connectivity index (χ2n) is 5.27. The molecular formula is C19H16N2O4. The molecule has 0 spiro atoms. The topological polar surface area (TPSA) is 84.3 Å². The predicted molar refractivity (Wildman–Crippen MR) is 93.0 cm³/mol. The van der Waals surface area contributed by atoms with Gasteiger partial charge in [-0.05, 0) is 23.8 Å². The summed E-state index contributed by atoms with van der Waals surface area (Å²) in [5, 5.41) is 2.64. The number of benzene rings is 2. The van der Waals surface area contributed by atoms with Crippen LogP contribution in [0.4, 0.5) is 4.79 Å². The van der Waals surface area contributed by atoms with Crippen LogP contribution in [0.5, 0.6) is 0 Å². The molecule has 0 saturated heterocycles. The number of fused-ring (bicyclic) bond motifs is 1. The van der Waals surface area contributed by atoms with Crippen LogP contribution in [0.3, 0.4) is 0 Å². The van der Waals surface area contributed by atoms with Gasteiger partial charge >= 0.3 is 11.8 Å². The molecule has 0 unspecified atom stereocenters. The van der Waals surface area contributed by atoms with Gasteiger partial charge in [-0.15, -0.1) is 0 Å². The van der Waals surface area contributed by atoms with E-state index in [1.54, 1.807) is 18.2 Å². The second kappa shape index (κ2) is 7.88. The molecule has 0 aliphatic carbocycles. The first-order valence-corrected chi connectivity index (χ1v) is 7.77. The van der Waals surface area contributed by atoms with Crippen LogP contribution >= 0.6 is 0 Å². The summed E-state index contributed by atoms with van der Waals surface area (Å²) in [7, 11) is 0. The van der Waals surface area contributed by atoms with Crippen LogP contribution in [0, 0.1) is 11.8 Å². The maximum Gasteiger partial charge on any atom is 0.417 e. The number of carbonyl (C=O) groups excluding carboxylic acids is 1. The van der Waals surface area contributed by atoms with Crippen molar-refractivity contribution in [2.75, 3.05) is 6.54 Å². The molecule has 0 radical (unpaired) electrons. The number of ether oxygens (including phenoxy) is 1. The van der Waals surface area contributed by atoms with E-state index >= 15 is 0 Å². The molecule has 1 amide bonds. The molecule has 0 aliphatic heterocycles. The minimum Gasteiger partial charge on any atom is -0.445 e. The van der Waals surface area contributed by atoms with Crippen molar-refractivity contribution in [1.82, 2.24) is 10.3 Å². The van der Waals surface area contributed by atoms with E-state index in [1.165, 1.54) is 0 Å². The lowest BCUT2D eigenvalue weighted by molar-refractivity contribution is 0.140. The van der Waals surface area contributed by atoms with Gasteiger partial charge < -0.3 is 14.5 Å². The Labute approximate surface area is 143 Å². The minimum absolute atomic E-state index is 0.236. The molecule has 3 aromatic rings. The molecule has 6 heteroatoms. The third-order valence-electron chi connectivity index (χ3n) is 3.39. The zero-order valence-corrected chi connectivity index (χ0v) is 13.4. The van der Waals surface area contributed by atoms with Gasteiger partial charge in [0.2, 0.25) is 0 Å². The largest absolute Gasteiger partial charge is 0.445 e. The van der Waals surface area contributed by atoms with Crippen molar-refractivity contribution in [2.45, 2.75) is 13.0 Å². The number of nitrogens with one attached hydrogen (secondary N) is 2. The standard InChI is InChI=1S/C19H16N2O4/c22-18(24-13-15-7-2-1-3-8-15)20-11-5-4-6-14-9-10-16-17(12-14)25-19(23)21-16/h1-3,7-10,12H,5,11,13H2,(H,20,22)(H,21,23). The summed E-state index contributed by atoms with van der Waals surface area (Å²) >= 11 is 0. The zero-order valence-electron chi connectivity index (χ0n) is 13.4. The third-order valence-corrected chi connectivity index (χ3v) is 3.39. The normalized spacial score (nSPS) is 10.1. The van der Waals surface area contributed by atoms with Gasteiger partial charge in [0.25, 0.3) is 0 Å². The van der Waals surface area contributed by atoms with Crippen LogP contribution in [0.15, 0.2) is 57.7 Å². The highest BCUT2D eigenvalue weighted by Crippen LogP contribution is 2.11. The van der Waals surface area contributed by atoms with Gasteiger partial charge in [0.05, 0.1) is 5.52 Å². The number of hydrogen-bond donors (Lipinski definition) is 2. The average Bonchev–Trinajstić information content (AvgIpc) is 3.00. The van der Waals surface area contributed by atoms with Crippen molar-refractivity contribution in [3.8, 4) is 11.8 Å². The number of hydrogen-bond acceptors (Lipinski definition) is 4. The van der Waals surface area contributed by atoms with E-state index in [0.29, 0.717) is 24.1 Å². The van der Waals surface area contributed by atoms with Crippen molar-refractivity contribution in [1.29, 1.82) is 0 Å². The van der Waals surface area contributed by atoms with E-state index in [2.05, 4.69) is 22.1 Å². The Bertz CT molecular complexity index is 977. The van der Waals surface area contributed by atoms with E-state index in [4.69, 9.17) is 9.15 Å². The molecule has 2 N–H and O–H groups in total. The summed E-state index contributed by atoms with van der Waals surface area (Å²) in [4.78, 5) is 25.2. The van der Waals surface area contributed by atoms with E-state index in [-0.39, 0.29) is 6.61 Å². The Hall–Kier alpha value is -3.46. The number of amides is 1. The first-order valence-electron chi connectivity index (χ1n) is 7.77. The molecule has 1 aromatic heterocycles. The Morgan fingerprint density at radius 2 is 2.04 bits per heavy atom. The summed E-state index contributed by atoms with van der Waals surface area (Å²) in [6, 6.07) is 14.7. The molecular weight excluding hydrogens is 320 g/mol. The van der Waals surface area contributed by atoms with Gasteiger partial charge in [-0.2, -0.15) is 0 Å². The predicted octanol–water partition coefficient (Wildman–Crippen LogP) is 2.79. The van der Waals surface area contributed by atoms with Crippen LogP contribution in [-0.4, -0.2) is 17.6 Å². The molecule has 0 aliphatic rings. The molecule has 0 saturated carbocycles. The average molecular weight is 336 g/mol. The van der Waals surface area contributed by atoms with Gasteiger partial charge in [-0.25, -0.2) is 9.59 Å². The SMILES string of the molecule is O=C(NCCC#Cc1ccc2[nH]c(=O)oc2c1)OCc1ccccc1. The van der Waals surface area contributed by atoms with Crippen molar-refractivity contribution >= 4 is 17.2 Å². The maximum absolute atomic E-state index is 11.6. The number of aromatic nitrogens is 1. The van der Waals surface area contributed by atoms with Crippen LogP contribution in [0.1, 0.15) is 17.5 Å². The summed E-state index contributed by atoms with van der Waals surface area (Å²) in [5.41, 5.74) is 2.78. The number of aromatic amines is 1. The summed E-state index contributed by atoms with van der Waals surface area (Å²) in [6.07, 6.45) is 0.0106. The highest BCUT2D eigenvalue weighted by molar-refractivity contribution is 5.73. The maximum atomic E-state index is 11.6. The highest BCUT2D eigenvalue weighted by atomic mass is 16.5. The van der Waals surface area contributed by atoms with Gasteiger partial charge in [0, 0.05) is 18.5 Å². The highest BCUT2D eigenvalue weighted by Gasteiger charge is 2.01. The van der Waals surface area contributed by atoms with Crippen molar-refractivity contribution in [3.63, 3.8) is 0 Å². The second-order valence-corrected chi connectivity index (χ2v) is 5.27. The fraction of sp³-hybridized carbons (Fsp3) is 0.158. The molecule has 0 bridgehead atoms. The summed E-state index contributed by atoms with van der Waals surface area (Å²) in [6.45, 7) is 0.627. The molecule has 0 atom stereocenters. The lowest BCUT2D eigenvalue weighted by Gasteiger charge is -2.05. The quantitative estimate of drug-likeness (QED) is 0.567. The lowest BCUT2D eigenvalue weighted by Crippen LogP contribution is -2.24. The van der Waals surface area contributed by atoms with Gasteiger partial charge in [-0.1, -0.05) is 42.2 Å². The van der Waals surface area contributed by atoms with Crippen molar-refractivity contribution in [3.05, 3.63) is 70.2 Å². The third kappa shape index (κ3) is 4.75. The number of carbonyl (C=O) groups is 1.